The third kappa shape index (κ3) is 4.74. The van der Waals surface area contributed by atoms with E-state index in [0.717, 1.165) is 36.1 Å². The van der Waals surface area contributed by atoms with Crippen LogP contribution in [0.25, 0.3) is 0 Å². The Hall–Kier alpha value is -1.55. The summed E-state index contributed by atoms with van der Waals surface area (Å²) in [7, 11) is 3.20. The van der Waals surface area contributed by atoms with E-state index < -0.39 is 5.54 Å². The van der Waals surface area contributed by atoms with Crippen molar-refractivity contribution in [3.63, 3.8) is 0 Å². The SMILES string of the molecule is CNC(C)(CCCCOc1c(C)cccc1C)C(=O)OC. The van der Waals surface area contributed by atoms with E-state index in [-0.39, 0.29) is 5.97 Å². The van der Waals surface area contributed by atoms with Crippen LogP contribution in [0.5, 0.6) is 5.75 Å². The van der Waals surface area contributed by atoms with Crippen molar-refractivity contribution in [1.29, 1.82) is 0 Å². The van der Waals surface area contributed by atoms with Crippen molar-refractivity contribution in [2.75, 3.05) is 20.8 Å². The number of likely N-dealkylation sites (N-methyl/N-ethyl adjacent to an activating group) is 1. The number of benzene rings is 1. The summed E-state index contributed by atoms with van der Waals surface area (Å²) in [6.45, 7) is 6.63. The first-order valence-electron chi connectivity index (χ1n) is 7.41. The highest BCUT2D eigenvalue weighted by molar-refractivity contribution is 5.80. The molecule has 0 fully saturated rings. The van der Waals surface area contributed by atoms with Gasteiger partial charge in [-0.05, 0) is 58.2 Å². The standard InChI is InChI=1S/C17H27NO3/c1-13-9-8-10-14(2)15(13)21-12-7-6-11-17(3,18-4)16(19)20-5/h8-10,18H,6-7,11-12H2,1-5H3. The number of hydrogen-bond acceptors (Lipinski definition) is 4. The van der Waals surface area contributed by atoms with Crippen molar-refractivity contribution in [3.05, 3.63) is 29.3 Å². The lowest BCUT2D eigenvalue weighted by molar-refractivity contribution is -0.148. The zero-order chi connectivity index (χ0) is 15.9. The summed E-state index contributed by atoms with van der Waals surface area (Å²) < 4.78 is 10.7. The number of esters is 1. The van der Waals surface area contributed by atoms with Crippen LogP contribution in [0.1, 0.15) is 37.3 Å². The van der Waals surface area contributed by atoms with E-state index in [0.29, 0.717) is 6.61 Å². The molecule has 0 saturated heterocycles. The van der Waals surface area contributed by atoms with Crippen molar-refractivity contribution < 1.29 is 14.3 Å². The molecule has 1 N–H and O–H groups in total. The van der Waals surface area contributed by atoms with Crippen molar-refractivity contribution in [2.24, 2.45) is 0 Å². The van der Waals surface area contributed by atoms with Crippen LogP contribution in [0.15, 0.2) is 18.2 Å². The molecule has 0 aliphatic carbocycles. The molecule has 0 bridgehead atoms. The number of methoxy groups -OCH3 is 1. The van der Waals surface area contributed by atoms with E-state index in [9.17, 15) is 4.79 Å². The first-order valence-corrected chi connectivity index (χ1v) is 7.41. The maximum atomic E-state index is 11.7. The summed E-state index contributed by atoms with van der Waals surface area (Å²) >= 11 is 0. The number of aryl methyl sites for hydroxylation is 2. The minimum Gasteiger partial charge on any atom is -0.493 e. The van der Waals surface area contributed by atoms with Gasteiger partial charge in [0.1, 0.15) is 11.3 Å². The van der Waals surface area contributed by atoms with Gasteiger partial charge >= 0.3 is 5.97 Å². The number of para-hydroxylation sites is 1. The van der Waals surface area contributed by atoms with Crippen LogP contribution in [-0.2, 0) is 9.53 Å². The van der Waals surface area contributed by atoms with E-state index in [1.807, 2.05) is 13.0 Å². The molecule has 0 radical (unpaired) electrons. The number of carbonyl (C=O) groups is 1. The van der Waals surface area contributed by atoms with Gasteiger partial charge in [-0.3, -0.25) is 4.79 Å². The summed E-state index contributed by atoms with van der Waals surface area (Å²) in [6, 6.07) is 6.14. The van der Waals surface area contributed by atoms with Gasteiger partial charge in [-0.1, -0.05) is 18.2 Å². The summed E-state index contributed by atoms with van der Waals surface area (Å²) in [6.07, 6.45) is 2.53. The molecule has 118 valence electrons. The summed E-state index contributed by atoms with van der Waals surface area (Å²) in [4.78, 5) is 11.7. The maximum absolute atomic E-state index is 11.7. The molecule has 4 heteroatoms. The number of rotatable bonds is 8. The van der Waals surface area contributed by atoms with Crippen LogP contribution < -0.4 is 10.1 Å². The van der Waals surface area contributed by atoms with Gasteiger partial charge in [0.2, 0.25) is 0 Å². The Morgan fingerprint density at radius 1 is 1.24 bits per heavy atom. The molecule has 0 heterocycles. The fourth-order valence-corrected chi connectivity index (χ4v) is 2.34. The van der Waals surface area contributed by atoms with Crippen LogP contribution in [0.3, 0.4) is 0 Å². The molecule has 1 unspecified atom stereocenters. The van der Waals surface area contributed by atoms with Crippen molar-refractivity contribution >= 4 is 5.97 Å². The Kier molecular flexibility index (Phi) is 6.69. The molecule has 0 aliphatic heterocycles. The second kappa shape index (κ2) is 8.03. The van der Waals surface area contributed by atoms with E-state index in [1.165, 1.54) is 7.11 Å². The molecule has 1 aromatic carbocycles. The molecular formula is C17H27NO3. The Morgan fingerprint density at radius 3 is 2.38 bits per heavy atom. The molecule has 0 amide bonds. The van der Waals surface area contributed by atoms with Gasteiger partial charge in [-0.15, -0.1) is 0 Å². The van der Waals surface area contributed by atoms with Crippen LogP contribution in [-0.4, -0.2) is 32.3 Å². The predicted octanol–water partition coefficient (Wildman–Crippen LogP) is 3.00. The van der Waals surface area contributed by atoms with E-state index in [4.69, 9.17) is 9.47 Å². The first-order chi connectivity index (χ1) is 9.94. The summed E-state index contributed by atoms with van der Waals surface area (Å²) in [5, 5.41) is 3.04. The minimum absolute atomic E-state index is 0.222. The third-order valence-electron chi connectivity index (χ3n) is 3.91. The number of carbonyl (C=O) groups excluding carboxylic acids is 1. The molecule has 0 aliphatic rings. The zero-order valence-corrected chi connectivity index (χ0v) is 13.8. The lowest BCUT2D eigenvalue weighted by atomic mass is 9.95. The van der Waals surface area contributed by atoms with Crippen molar-refractivity contribution in [1.82, 2.24) is 5.32 Å². The van der Waals surface area contributed by atoms with Crippen LogP contribution in [0, 0.1) is 13.8 Å². The molecule has 1 aromatic rings. The smallest absolute Gasteiger partial charge is 0.325 e. The number of hydrogen-bond donors (Lipinski definition) is 1. The van der Waals surface area contributed by atoms with Gasteiger partial charge in [-0.25, -0.2) is 0 Å². The molecule has 1 rings (SSSR count). The highest BCUT2D eigenvalue weighted by Crippen LogP contribution is 2.23. The fraction of sp³-hybridized carbons (Fsp3) is 0.588. The molecule has 1 atom stereocenters. The van der Waals surface area contributed by atoms with Crippen molar-refractivity contribution in [3.8, 4) is 5.75 Å². The lowest BCUT2D eigenvalue weighted by Crippen LogP contribution is -2.48. The first kappa shape index (κ1) is 17.5. The highest BCUT2D eigenvalue weighted by Gasteiger charge is 2.31. The monoisotopic (exact) mass is 293 g/mol. The van der Waals surface area contributed by atoms with Gasteiger partial charge in [0.25, 0.3) is 0 Å². The number of unbranched alkanes of at least 4 members (excludes halogenated alkanes) is 1. The van der Waals surface area contributed by atoms with Crippen LogP contribution in [0.4, 0.5) is 0 Å². The van der Waals surface area contributed by atoms with Crippen LogP contribution in [0.2, 0.25) is 0 Å². The molecule has 0 saturated carbocycles. The Bertz CT molecular complexity index is 453. The Balaban J connectivity index is 2.39. The fourth-order valence-electron chi connectivity index (χ4n) is 2.34. The van der Waals surface area contributed by atoms with Gasteiger partial charge in [0.05, 0.1) is 13.7 Å². The van der Waals surface area contributed by atoms with E-state index in [1.54, 1.807) is 7.05 Å². The maximum Gasteiger partial charge on any atom is 0.325 e. The van der Waals surface area contributed by atoms with Gasteiger partial charge in [-0.2, -0.15) is 0 Å². The normalized spacial score (nSPS) is 13.6. The quantitative estimate of drug-likeness (QED) is 0.591. The van der Waals surface area contributed by atoms with Gasteiger partial charge in [0, 0.05) is 0 Å². The van der Waals surface area contributed by atoms with Gasteiger partial charge in [0.15, 0.2) is 0 Å². The van der Waals surface area contributed by atoms with Crippen LogP contribution >= 0.6 is 0 Å². The lowest BCUT2D eigenvalue weighted by Gasteiger charge is -2.26. The topological polar surface area (TPSA) is 47.6 Å². The number of nitrogens with one attached hydrogen (secondary N) is 1. The zero-order valence-electron chi connectivity index (χ0n) is 13.8. The highest BCUT2D eigenvalue weighted by atomic mass is 16.5. The Labute approximate surface area is 127 Å². The molecule has 0 aromatic heterocycles. The molecule has 4 nitrogen and oxygen atoms in total. The van der Waals surface area contributed by atoms with Crippen molar-refractivity contribution in [2.45, 2.75) is 45.6 Å². The second-order valence-corrected chi connectivity index (χ2v) is 5.60. The average Bonchev–Trinajstić information content (AvgIpc) is 2.48. The number of ether oxygens (including phenoxy) is 2. The van der Waals surface area contributed by atoms with E-state index in [2.05, 4.69) is 31.3 Å². The summed E-state index contributed by atoms with van der Waals surface area (Å²) in [5.41, 5.74) is 1.70. The van der Waals surface area contributed by atoms with Gasteiger partial charge < -0.3 is 14.8 Å². The Morgan fingerprint density at radius 2 is 1.86 bits per heavy atom. The third-order valence-corrected chi connectivity index (χ3v) is 3.91. The predicted molar refractivity (Wildman–Crippen MR) is 84.7 cm³/mol. The molecule has 21 heavy (non-hydrogen) atoms. The summed E-state index contributed by atoms with van der Waals surface area (Å²) in [5.74, 6) is 0.752. The molecule has 0 spiro atoms. The van der Waals surface area contributed by atoms with E-state index >= 15 is 0 Å². The average molecular weight is 293 g/mol. The largest absolute Gasteiger partial charge is 0.493 e. The minimum atomic E-state index is -0.618. The molecular weight excluding hydrogens is 266 g/mol. The second-order valence-electron chi connectivity index (χ2n) is 5.60.